The van der Waals surface area contributed by atoms with Crippen LogP contribution in [-0.4, -0.2) is 11.1 Å². The molecule has 0 bridgehead atoms. The highest BCUT2D eigenvalue weighted by Gasteiger charge is 2.09. The van der Waals surface area contributed by atoms with E-state index >= 15 is 0 Å². The van der Waals surface area contributed by atoms with E-state index in [4.69, 9.17) is 5.11 Å². The fourth-order valence-electron chi connectivity index (χ4n) is 2.24. The molecule has 0 rings (SSSR count). The summed E-state index contributed by atoms with van der Waals surface area (Å²) in [5.41, 5.74) is 0. The lowest BCUT2D eigenvalue weighted by Crippen LogP contribution is -2.08. The molecule has 0 aromatic heterocycles. The van der Waals surface area contributed by atoms with Gasteiger partial charge in [0, 0.05) is 0 Å². The molecule has 0 saturated heterocycles. The summed E-state index contributed by atoms with van der Waals surface area (Å²) in [5, 5.41) is 8.74. The van der Waals surface area contributed by atoms with Gasteiger partial charge in [0.1, 0.15) is 0 Å². The lowest BCUT2D eigenvalue weighted by atomic mass is 10.0. The molecule has 0 aromatic rings. The van der Waals surface area contributed by atoms with E-state index in [1.54, 1.807) is 6.92 Å². The third-order valence-corrected chi connectivity index (χ3v) is 3.66. The summed E-state index contributed by atoms with van der Waals surface area (Å²) in [6, 6.07) is 0. The molecule has 1 atom stereocenters. The second-order valence-electron chi connectivity index (χ2n) is 5.56. The highest BCUT2D eigenvalue weighted by molar-refractivity contribution is 5.69. The maximum atomic E-state index is 10.6. The topological polar surface area (TPSA) is 37.3 Å². The second-order valence-corrected chi connectivity index (χ2v) is 5.56. The molecule has 0 radical (unpaired) electrons. The minimum atomic E-state index is -0.651. The fraction of sp³-hybridized carbons (Fsp3) is 0.938. The third-order valence-electron chi connectivity index (χ3n) is 3.66. The first-order chi connectivity index (χ1) is 8.68. The van der Waals surface area contributed by atoms with Crippen molar-refractivity contribution in [2.45, 2.75) is 90.9 Å². The van der Waals surface area contributed by atoms with Crippen LogP contribution in [-0.2, 0) is 4.79 Å². The summed E-state index contributed by atoms with van der Waals surface area (Å²) < 4.78 is 0. The maximum Gasteiger partial charge on any atom is 0.306 e. The van der Waals surface area contributed by atoms with E-state index in [1.807, 2.05) is 0 Å². The molecule has 2 heteroatoms. The minimum Gasteiger partial charge on any atom is -0.481 e. The highest BCUT2D eigenvalue weighted by atomic mass is 16.4. The molecule has 2 nitrogen and oxygen atoms in total. The van der Waals surface area contributed by atoms with Crippen LogP contribution in [0.15, 0.2) is 0 Å². The first-order valence-electron chi connectivity index (χ1n) is 7.91. The highest BCUT2D eigenvalue weighted by Crippen LogP contribution is 2.14. The van der Waals surface area contributed by atoms with Gasteiger partial charge in [-0.25, -0.2) is 0 Å². The zero-order valence-corrected chi connectivity index (χ0v) is 12.4. The van der Waals surface area contributed by atoms with Gasteiger partial charge in [-0.2, -0.15) is 0 Å². The zero-order chi connectivity index (χ0) is 13.6. The number of hydrogen-bond donors (Lipinski definition) is 1. The minimum absolute atomic E-state index is 0.163. The first-order valence-corrected chi connectivity index (χ1v) is 7.91. The number of carboxylic acids is 1. The van der Waals surface area contributed by atoms with Crippen molar-refractivity contribution in [3.05, 3.63) is 0 Å². The molecule has 0 amide bonds. The lowest BCUT2D eigenvalue weighted by molar-refractivity contribution is -0.141. The number of rotatable bonds is 13. The van der Waals surface area contributed by atoms with Crippen LogP contribution in [0, 0.1) is 5.92 Å². The van der Waals surface area contributed by atoms with Crippen molar-refractivity contribution in [2.75, 3.05) is 0 Å². The smallest absolute Gasteiger partial charge is 0.306 e. The van der Waals surface area contributed by atoms with Crippen molar-refractivity contribution < 1.29 is 9.90 Å². The zero-order valence-electron chi connectivity index (χ0n) is 12.4. The number of unbranched alkanes of at least 4 members (excludes halogenated alkanes) is 10. The SMILES string of the molecule is CCCCCCCCCCCCC[C@H](C)C(=O)O. The number of aliphatic carboxylic acids is 1. The predicted octanol–water partition coefficient (Wildman–Crippen LogP) is 5.41. The average molecular weight is 256 g/mol. The molecule has 0 spiro atoms. The van der Waals surface area contributed by atoms with Crippen molar-refractivity contribution in [2.24, 2.45) is 5.92 Å². The molecule has 0 aliphatic carbocycles. The van der Waals surface area contributed by atoms with Gasteiger partial charge >= 0.3 is 5.97 Å². The van der Waals surface area contributed by atoms with E-state index in [2.05, 4.69) is 6.92 Å². The molecule has 18 heavy (non-hydrogen) atoms. The summed E-state index contributed by atoms with van der Waals surface area (Å²) in [6.07, 6.45) is 15.4. The molecular weight excluding hydrogens is 224 g/mol. The Morgan fingerprint density at radius 2 is 1.22 bits per heavy atom. The number of hydrogen-bond acceptors (Lipinski definition) is 1. The van der Waals surface area contributed by atoms with E-state index in [1.165, 1.54) is 64.2 Å². The Kier molecular flexibility index (Phi) is 12.5. The van der Waals surface area contributed by atoms with Gasteiger partial charge in [-0.3, -0.25) is 4.79 Å². The fourth-order valence-corrected chi connectivity index (χ4v) is 2.24. The van der Waals surface area contributed by atoms with Crippen LogP contribution in [0.3, 0.4) is 0 Å². The van der Waals surface area contributed by atoms with Crippen LogP contribution in [0.1, 0.15) is 90.9 Å². The van der Waals surface area contributed by atoms with Gasteiger partial charge in [0.2, 0.25) is 0 Å². The van der Waals surface area contributed by atoms with Gasteiger partial charge in [-0.1, -0.05) is 84.5 Å². The Hall–Kier alpha value is -0.530. The predicted molar refractivity (Wildman–Crippen MR) is 77.9 cm³/mol. The summed E-state index contributed by atoms with van der Waals surface area (Å²) in [5.74, 6) is -0.814. The standard InChI is InChI=1S/C16H32O2/c1-3-4-5-6-7-8-9-10-11-12-13-14-15(2)16(17)18/h15H,3-14H2,1-2H3,(H,17,18)/t15-/m0/s1. The first kappa shape index (κ1) is 17.5. The molecule has 0 fully saturated rings. The largest absolute Gasteiger partial charge is 0.481 e. The molecule has 108 valence electrons. The van der Waals surface area contributed by atoms with Crippen molar-refractivity contribution in [3.8, 4) is 0 Å². The van der Waals surface area contributed by atoms with Crippen LogP contribution < -0.4 is 0 Å². The van der Waals surface area contributed by atoms with Gasteiger partial charge in [-0.15, -0.1) is 0 Å². The van der Waals surface area contributed by atoms with E-state index in [9.17, 15) is 4.79 Å². The maximum absolute atomic E-state index is 10.6. The van der Waals surface area contributed by atoms with Crippen LogP contribution in [0.2, 0.25) is 0 Å². The van der Waals surface area contributed by atoms with Gasteiger partial charge < -0.3 is 5.11 Å². The normalized spacial score (nSPS) is 12.6. The van der Waals surface area contributed by atoms with Crippen molar-refractivity contribution in [1.82, 2.24) is 0 Å². The molecule has 0 unspecified atom stereocenters. The Bertz CT molecular complexity index is 190. The van der Waals surface area contributed by atoms with Gasteiger partial charge in [-0.05, 0) is 6.42 Å². The Morgan fingerprint density at radius 3 is 1.61 bits per heavy atom. The number of carboxylic acid groups (broad SMARTS) is 1. The van der Waals surface area contributed by atoms with E-state index in [0.717, 1.165) is 12.8 Å². The van der Waals surface area contributed by atoms with Crippen LogP contribution in [0.5, 0.6) is 0 Å². The van der Waals surface area contributed by atoms with Crippen LogP contribution in [0.4, 0.5) is 0 Å². The molecule has 0 heterocycles. The molecule has 0 aliphatic rings. The van der Waals surface area contributed by atoms with Gasteiger partial charge in [0.05, 0.1) is 5.92 Å². The van der Waals surface area contributed by atoms with Crippen LogP contribution in [0.25, 0.3) is 0 Å². The van der Waals surface area contributed by atoms with Crippen molar-refractivity contribution in [1.29, 1.82) is 0 Å². The Labute approximate surface area is 113 Å². The number of carbonyl (C=O) groups is 1. The Balaban J connectivity index is 3.05. The average Bonchev–Trinajstić information content (AvgIpc) is 2.35. The van der Waals surface area contributed by atoms with Crippen LogP contribution >= 0.6 is 0 Å². The lowest BCUT2D eigenvalue weighted by Gasteiger charge is -2.05. The molecule has 0 aliphatic heterocycles. The Morgan fingerprint density at radius 1 is 0.833 bits per heavy atom. The summed E-state index contributed by atoms with van der Waals surface area (Å²) in [7, 11) is 0. The van der Waals surface area contributed by atoms with Gasteiger partial charge in [0.25, 0.3) is 0 Å². The van der Waals surface area contributed by atoms with E-state index < -0.39 is 5.97 Å². The summed E-state index contributed by atoms with van der Waals surface area (Å²) >= 11 is 0. The monoisotopic (exact) mass is 256 g/mol. The molecular formula is C16H32O2. The third kappa shape index (κ3) is 11.9. The summed E-state index contributed by atoms with van der Waals surface area (Å²) in [6.45, 7) is 4.06. The quantitative estimate of drug-likeness (QED) is 0.447. The molecule has 1 N–H and O–H groups in total. The van der Waals surface area contributed by atoms with Crippen molar-refractivity contribution >= 4 is 5.97 Å². The van der Waals surface area contributed by atoms with E-state index in [0.29, 0.717) is 0 Å². The van der Waals surface area contributed by atoms with Crippen molar-refractivity contribution in [3.63, 3.8) is 0 Å². The summed E-state index contributed by atoms with van der Waals surface area (Å²) in [4.78, 5) is 10.6. The van der Waals surface area contributed by atoms with Gasteiger partial charge in [0.15, 0.2) is 0 Å². The second kappa shape index (κ2) is 12.9. The van der Waals surface area contributed by atoms with E-state index in [-0.39, 0.29) is 5.92 Å². The molecule has 0 saturated carbocycles. The molecule has 0 aromatic carbocycles.